The zero-order valence-electron chi connectivity index (χ0n) is 18.4. The van der Waals surface area contributed by atoms with Crippen molar-refractivity contribution in [2.24, 2.45) is 5.92 Å². The molecule has 30 heavy (non-hydrogen) atoms. The molecule has 0 amide bonds. The third-order valence-electron chi connectivity index (χ3n) is 5.89. The smallest absolute Gasteiger partial charge is 0.145 e. The molecule has 158 valence electrons. The van der Waals surface area contributed by atoms with Crippen molar-refractivity contribution in [3.63, 3.8) is 0 Å². The van der Waals surface area contributed by atoms with Gasteiger partial charge >= 0.3 is 0 Å². The summed E-state index contributed by atoms with van der Waals surface area (Å²) in [5, 5.41) is 2.74. The zero-order chi connectivity index (χ0) is 22.3. The van der Waals surface area contributed by atoms with Gasteiger partial charge in [0.2, 0.25) is 0 Å². The Hall–Kier alpha value is -2.47. The molecule has 0 saturated heterocycles. The van der Waals surface area contributed by atoms with Crippen LogP contribution in [0.5, 0.6) is 0 Å². The summed E-state index contributed by atoms with van der Waals surface area (Å²) in [4.78, 5) is -0.178. The lowest BCUT2D eigenvalue weighted by Crippen LogP contribution is -2.36. The Morgan fingerprint density at radius 1 is 0.867 bits per heavy atom. The van der Waals surface area contributed by atoms with Crippen LogP contribution in [0, 0.1) is 12.8 Å². The lowest BCUT2D eigenvalue weighted by Gasteiger charge is -2.26. The third-order valence-corrected chi connectivity index (χ3v) is 6.74. The van der Waals surface area contributed by atoms with E-state index in [1.165, 1.54) is 45.4 Å². The normalized spacial score (nSPS) is 15.2. The molecule has 3 aromatic rings. The molecule has 0 N–H and O–H groups in total. The molecule has 1 heterocycles. The predicted molar refractivity (Wildman–Crippen MR) is 124 cm³/mol. The van der Waals surface area contributed by atoms with E-state index in [2.05, 4.69) is 71.3 Å². The molecule has 3 aromatic carbocycles. The zero-order valence-corrected chi connectivity index (χ0v) is 19.2. The van der Waals surface area contributed by atoms with Crippen LogP contribution >= 0.6 is 0 Å². The standard InChI is InChI=1S/C18H22N.C7H8O3S/c1-12(2)17-13(3)19(4,5)16-11-10-14-8-6-7-9-15(14)18(16)17;1-6-2-4-7(5-3-6)11(8,9)10/h6-12H,1-5H3;2-5H,1H3,(H,8,9,10)/q+1;/p-1. The largest absolute Gasteiger partial charge is 0.744 e. The van der Waals surface area contributed by atoms with E-state index in [0.717, 1.165) is 10.0 Å². The quantitative estimate of drug-likeness (QED) is 0.392. The first-order valence-electron chi connectivity index (χ1n) is 10.0. The lowest BCUT2D eigenvalue weighted by atomic mass is 9.91. The molecule has 0 saturated carbocycles. The molecule has 4 rings (SSSR count). The summed E-state index contributed by atoms with van der Waals surface area (Å²) >= 11 is 0. The molecule has 0 unspecified atom stereocenters. The van der Waals surface area contributed by atoms with Gasteiger partial charge in [0.05, 0.1) is 24.6 Å². The van der Waals surface area contributed by atoms with E-state index < -0.39 is 10.1 Å². The van der Waals surface area contributed by atoms with Gasteiger partial charge in [0.25, 0.3) is 0 Å². The first-order valence-corrected chi connectivity index (χ1v) is 11.5. The van der Waals surface area contributed by atoms with Crippen LogP contribution in [-0.2, 0) is 10.1 Å². The van der Waals surface area contributed by atoms with Crippen molar-refractivity contribution in [3.8, 4) is 0 Å². The average molecular weight is 424 g/mol. The van der Waals surface area contributed by atoms with E-state index in [-0.39, 0.29) is 4.90 Å². The summed E-state index contributed by atoms with van der Waals surface area (Å²) < 4.78 is 32.0. The van der Waals surface area contributed by atoms with E-state index in [1.54, 1.807) is 12.1 Å². The molecule has 0 aliphatic carbocycles. The Labute approximate surface area is 179 Å². The van der Waals surface area contributed by atoms with Crippen molar-refractivity contribution in [3.05, 3.63) is 77.5 Å². The number of benzene rings is 3. The number of aryl methyl sites for hydroxylation is 1. The maximum absolute atomic E-state index is 10.4. The van der Waals surface area contributed by atoms with Gasteiger partial charge < -0.3 is 4.55 Å². The second-order valence-electron chi connectivity index (χ2n) is 8.56. The Bertz CT molecular complexity index is 1220. The molecular formula is C25H29NO3S. The number of fused-ring (bicyclic) bond motifs is 3. The van der Waals surface area contributed by atoms with Gasteiger partial charge in [0.1, 0.15) is 21.5 Å². The van der Waals surface area contributed by atoms with Crippen LogP contribution in [0.1, 0.15) is 31.9 Å². The van der Waals surface area contributed by atoms with E-state index in [9.17, 15) is 13.0 Å². The minimum Gasteiger partial charge on any atom is -0.744 e. The second-order valence-corrected chi connectivity index (χ2v) is 9.93. The van der Waals surface area contributed by atoms with Gasteiger partial charge in [-0.2, -0.15) is 0 Å². The van der Waals surface area contributed by atoms with Crippen LogP contribution in [0.3, 0.4) is 0 Å². The van der Waals surface area contributed by atoms with E-state index in [1.807, 2.05) is 6.92 Å². The van der Waals surface area contributed by atoms with Gasteiger partial charge in [0.15, 0.2) is 0 Å². The van der Waals surface area contributed by atoms with E-state index >= 15 is 0 Å². The van der Waals surface area contributed by atoms with Gasteiger partial charge in [-0.05, 0) is 41.8 Å². The Morgan fingerprint density at radius 3 is 2.03 bits per heavy atom. The summed E-state index contributed by atoms with van der Waals surface area (Å²) in [6.07, 6.45) is 0. The van der Waals surface area contributed by atoms with Crippen molar-refractivity contribution in [1.82, 2.24) is 4.48 Å². The predicted octanol–water partition coefficient (Wildman–Crippen LogP) is 5.71. The van der Waals surface area contributed by atoms with Crippen LogP contribution in [0.25, 0.3) is 16.3 Å². The van der Waals surface area contributed by atoms with Crippen LogP contribution in [-0.4, -0.2) is 27.1 Å². The number of quaternary nitrogens is 1. The molecule has 0 bridgehead atoms. The first kappa shape index (κ1) is 22.2. The third kappa shape index (κ3) is 4.06. The van der Waals surface area contributed by atoms with Crippen molar-refractivity contribution >= 4 is 32.2 Å². The summed E-state index contributed by atoms with van der Waals surface area (Å²) in [5.41, 5.74) is 6.83. The number of nitrogens with zero attached hydrogens (tertiary/aromatic N) is 1. The summed E-state index contributed by atoms with van der Waals surface area (Å²) in [6, 6.07) is 19.1. The van der Waals surface area contributed by atoms with Gasteiger partial charge in [-0.1, -0.05) is 55.8 Å². The fourth-order valence-electron chi connectivity index (χ4n) is 4.08. The van der Waals surface area contributed by atoms with Gasteiger partial charge in [0, 0.05) is 18.6 Å². The average Bonchev–Trinajstić information content (AvgIpc) is 2.88. The molecular weight excluding hydrogens is 394 g/mol. The SMILES string of the molecule is CC1=C(C(C)C)c2c(ccc3ccccc23)[N+]1(C)C.Cc1ccc(S(=O)(=O)[O-])cc1. The number of allylic oxidation sites excluding steroid dienone is 2. The highest BCUT2D eigenvalue weighted by molar-refractivity contribution is 7.85. The Balaban J connectivity index is 0.000000199. The van der Waals surface area contributed by atoms with Gasteiger partial charge in [-0.15, -0.1) is 0 Å². The monoisotopic (exact) mass is 423 g/mol. The maximum Gasteiger partial charge on any atom is 0.145 e. The molecule has 0 aromatic heterocycles. The van der Waals surface area contributed by atoms with E-state index in [0.29, 0.717) is 5.92 Å². The second kappa shape index (κ2) is 7.99. The Kier molecular flexibility index (Phi) is 5.92. The Morgan fingerprint density at radius 2 is 1.47 bits per heavy atom. The summed E-state index contributed by atoms with van der Waals surface area (Å²) in [5.74, 6) is 0.560. The number of hydrogen-bond donors (Lipinski definition) is 0. The van der Waals surface area contributed by atoms with E-state index in [4.69, 9.17) is 0 Å². The molecule has 0 atom stereocenters. The van der Waals surface area contributed by atoms with Crippen LogP contribution < -0.4 is 4.48 Å². The maximum atomic E-state index is 10.4. The highest BCUT2D eigenvalue weighted by Crippen LogP contribution is 2.48. The number of hydrogen-bond acceptors (Lipinski definition) is 3. The minimum atomic E-state index is -4.27. The van der Waals surface area contributed by atoms with Gasteiger partial charge in [-0.25, -0.2) is 8.42 Å². The molecule has 5 heteroatoms. The van der Waals surface area contributed by atoms with Crippen molar-refractivity contribution < 1.29 is 13.0 Å². The van der Waals surface area contributed by atoms with Crippen LogP contribution in [0.4, 0.5) is 5.69 Å². The molecule has 0 spiro atoms. The summed E-state index contributed by atoms with van der Waals surface area (Å²) in [6.45, 7) is 8.71. The summed E-state index contributed by atoms with van der Waals surface area (Å²) in [7, 11) is 0.310. The highest BCUT2D eigenvalue weighted by Gasteiger charge is 2.38. The first-order chi connectivity index (χ1) is 13.9. The molecule has 0 fully saturated rings. The minimum absolute atomic E-state index is 0.178. The van der Waals surface area contributed by atoms with Crippen molar-refractivity contribution in [2.75, 3.05) is 14.1 Å². The highest BCUT2D eigenvalue weighted by atomic mass is 32.2. The molecule has 1 aliphatic rings. The van der Waals surface area contributed by atoms with Crippen molar-refractivity contribution in [2.45, 2.75) is 32.6 Å². The fraction of sp³-hybridized carbons (Fsp3) is 0.280. The fourth-order valence-corrected chi connectivity index (χ4v) is 4.55. The van der Waals surface area contributed by atoms with Crippen molar-refractivity contribution in [1.29, 1.82) is 0 Å². The van der Waals surface area contributed by atoms with Crippen LogP contribution in [0.15, 0.2) is 71.3 Å². The topological polar surface area (TPSA) is 57.2 Å². The lowest BCUT2D eigenvalue weighted by molar-refractivity contribution is 0.463. The van der Waals surface area contributed by atoms with Gasteiger partial charge in [-0.3, -0.25) is 4.48 Å². The number of rotatable bonds is 2. The van der Waals surface area contributed by atoms with Crippen LogP contribution in [0.2, 0.25) is 0 Å². The molecule has 0 radical (unpaired) electrons. The molecule has 1 aliphatic heterocycles. The molecule has 4 nitrogen and oxygen atoms in total.